The largest absolute Gasteiger partial charge is 0.423 e. The highest BCUT2D eigenvalue weighted by Gasteiger charge is 2.36. The molecule has 0 atom stereocenters. The summed E-state index contributed by atoms with van der Waals surface area (Å²) in [6.45, 7) is 10.0. The fraction of sp³-hybridized carbons (Fsp3) is 0.0678. The van der Waals surface area contributed by atoms with Crippen LogP contribution < -0.4 is 9.64 Å². The highest BCUT2D eigenvalue weighted by molar-refractivity contribution is 5.91. The van der Waals surface area contributed by atoms with Crippen LogP contribution in [0.4, 0.5) is 17.1 Å². The molecule has 0 aliphatic heterocycles. The van der Waals surface area contributed by atoms with Gasteiger partial charge in [-0.1, -0.05) is 166 Å². The first-order valence-electron chi connectivity index (χ1n) is 21.1. The molecule has 3 nitrogen and oxygen atoms in total. The molecule has 0 aromatic heterocycles. The van der Waals surface area contributed by atoms with E-state index in [4.69, 9.17) is 4.74 Å². The third kappa shape index (κ3) is 7.18. The number of benzene rings is 9. The van der Waals surface area contributed by atoms with E-state index in [1.165, 1.54) is 55.3 Å². The fourth-order valence-electron chi connectivity index (χ4n) is 8.86. The van der Waals surface area contributed by atoms with E-state index in [1.54, 1.807) is 6.92 Å². The monoisotopic (exact) mass is 799 g/mol. The van der Waals surface area contributed by atoms with E-state index >= 15 is 0 Å². The summed E-state index contributed by atoms with van der Waals surface area (Å²) in [5.41, 5.74) is 18.0. The Labute approximate surface area is 363 Å². The van der Waals surface area contributed by atoms with Crippen LogP contribution in [0.25, 0.3) is 66.4 Å². The summed E-state index contributed by atoms with van der Waals surface area (Å²) in [6.07, 6.45) is 0. The van der Waals surface area contributed by atoms with Gasteiger partial charge in [0, 0.05) is 28.1 Å². The highest BCUT2D eigenvalue weighted by Crippen LogP contribution is 2.52. The van der Waals surface area contributed by atoms with E-state index in [0.717, 1.165) is 39.3 Å². The number of ether oxygens (including phenoxy) is 1. The molecular formula is C59H45NO2. The van der Waals surface area contributed by atoms with Gasteiger partial charge in [-0.2, -0.15) is 0 Å². The van der Waals surface area contributed by atoms with Gasteiger partial charge in [0.15, 0.2) is 0 Å². The first-order valence-corrected chi connectivity index (χ1v) is 21.1. The topological polar surface area (TPSA) is 29.5 Å². The molecule has 0 saturated carbocycles. The van der Waals surface area contributed by atoms with Crippen LogP contribution in [0.15, 0.2) is 218 Å². The molecule has 3 heteroatoms. The van der Waals surface area contributed by atoms with Crippen molar-refractivity contribution >= 4 is 33.8 Å². The van der Waals surface area contributed by atoms with Gasteiger partial charge in [-0.25, -0.2) is 4.79 Å². The summed E-state index contributed by atoms with van der Waals surface area (Å²) >= 11 is 0. The van der Waals surface area contributed by atoms with Crippen LogP contribution in [-0.4, -0.2) is 5.97 Å². The summed E-state index contributed by atoms with van der Waals surface area (Å²) < 4.78 is 5.38. The molecular weight excluding hydrogens is 755 g/mol. The maximum absolute atomic E-state index is 12.0. The second kappa shape index (κ2) is 15.7. The van der Waals surface area contributed by atoms with Crippen LogP contribution >= 0.6 is 0 Å². The average molecular weight is 800 g/mol. The summed E-state index contributed by atoms with van der Waals surface area (Å²) in [7, 11) is 0. The van der Waals surface area contributed by atoms with Gasteiger partial charge in [0.25, 0.3) is 0 Å². The van der Waals surface area contributed by atoms with Crippen molar-refractivity contribution < 1.29 is 9.53 Å². The lowest BCUT2D eigenvalue weighted by atomic mass is 9.81. The minimum atomic E-state index is -0.425. The second-order valence-corrected chi connectivity index (χ2v) is 16.7. The molecule has 9 aromatic rings. The molecule has 0 amide bonds. The Hall–Kier alpha value is -7.75. The predicted octanol–water partition coefficient (Wildman–Crippen LogP) is 15.8. The molecule has 0 radical (unpaired) electrons. The van der Waals surface area contributed by atoms with Gasteiger partial charge in [-0.3, -0.25) is 0 Å². The zero-order valence-corrected chi connectivity index (χ0v) is 35.1. The van der Waals surface area contributed by atoms with Crippen molar-refractivity contribution in [3.63, 3.8) is 0 Å². The average Bonchev–Trinajstić information content (AvgIpc) is 3.54. The Morgan fingerprint density at radius 3 is 1.44 bits per heavy atom. The normalized spacial score (nSPS) is 12.4. The van der Waals surface area contributed by atoms with Crippen LogP contribution in [0.2, 0.25) is 0 Å². The van der Waals surface area contributed by atoms with E-state index in [1.807, 2.05) is 24.3 Å². The van der Waals surface area contributed by atoms with Gasteiger partial charge in [0.05, 0.1) is 0 Å². The molecule has 62 heavy (non-hydrogen) atoms. The molecule has 0 N–H and O–H groups in total. The van der Waals surface area contributed by atoms with Crippen molar-refractivity contribution in [2.75, 3.05) is 4.90 Å². The summed E-state index contributed by atoms with van der Waals surface area (Å²) in [4.78, 5) is 14.3. The number of nitrogens with zero attached hydrogens (tertiary/aromatic N) is 1. The number of fused-ring (bicyclic) bond motifs is 4. The zero-order valence-electron chi connectivity index (χ0n) is 35.1. The minimum absolute atomic E-state index is 0.202. The number of rotatable bonds is 9. The van der Waals surface area contributed by atoms with Gasteiger partial charge in [-0.15, -0.1) is 0 Å². The lowest BCUT2D eigenvalue weighted by molar-refractivity contribution is -0.130. The van der Waals surface area contributed by atoms with Crippen LogP contribution in [-0.2, 0) is 10.2 Å². The van der Waals surface area contributed by atoms with E-state index in [2.05, 4.69) is 207 Å². The molecule has 0 spiro atoms. The Morgan fingerprint density at radius 2 is 0.855 bits per heavy atom. The Balaban J connectivity index is 0.971. The smallest absolute Gasteiger partial charge is 0.338 e. The molecule has 0 bridgehead atoms. The van der Waals surface area contributed by atoms with Gasteiger partial charge >= 0.3 is 5.97 Å². The zero-order chi connectivity index (χ0) is 42.4. The lowest BCUT2D eigenvalue weighted by Gasteiger charge is -2.28. The summed E-state index contributed by atoms with van der Waals surface area (Å²) in [6, 6.07) is 73.8. The van der Waals surface area contributed by atoms with Crippen molar-refractivity contribution in [2.24, 2.45) is 0 Å². The molecule has 0 fully saturated rings. The van der Waals surface area contributed by atoms with Crippen LogP contribution in [0.3, 0.4) is 0 Å². The number of anilines is 3. The molecule has 0 heterocycles. The first-order chi connectivity index (χ1) is 30.2. The Kier molecular flexibility index (Phi) is 9.73. The number of carbonyl (C=O) groups excluding carboxylic acids is 1. The second-order valence-electron chi connectivity index (χ2n) is 16.7. The molecule has 0 unspecified atom stereocenters. The summed E-state index contributed by atoms with van der Waals surface area (Å²) in [5, 5.41) is 2.51. The van der Waals surface area contributed by atoms with Crippen molar-refractivity contribution in [3.05, 3.63) is 230 Å². The number of hydrogen-bond donors (Lipinski definition) is 0. The van der Waals surface area contributed by atoms with Crippen LogP contribution in [0.1, 0.15) is 31.9 Å². The maximum atomic E-state index is 12.0. The highest BCUT2D eigenvalue weighted by atomic mass is 16.5. The molecule has 1 aliphatic carbocycles. The quantitative estimate of drug-likeness (QED) is 0.0827. The Morgan fingerprint density at radius 1 is 0.435 bits per heavy atom. The molecule has 10 rings (SSSR count). The van der Waals surface area contributed by atoms with Crippen LogP contribution in [0, 0.1) is 0 Å². The van der Waals surface area contributed by atoms with Crippen molar-refractivity contribution in [3.8, 4) is 61.4 Å². The molecule has 9 aromatic carbocycles. The van der Waals surface area contributed by atoms with Crippen molar-refractivity contribution in [1.82, 2.24) is 0 Å². The van der Waals surface area contributed by atoms with Crippen molar-refractivity contribution in [2.45, 2.75) is 26.2 Å². The van der Waals surface area contributed by atoms with Gasteiger partial charge in [0.2, 0.25) is 0 Å². The molecule has 0 saturated heterocycles. The van der Waals surface area contributed by atoms with E-state index in [0.29, 0.717) is 11.3 Å². The standard InChI is InChI=1S/C59H45NO2/c1-39(2)58(61)62-53-32-24-46(25-33-53)43-16-14-42(15-17-43)45-22-29-51(30-23-45)60(50-27-20-44(21-28-50)40-10-6-5-7-11-40)52-31-35-55-54-34-26-49(37-56(54)59(3,4)57(55)38-52)48-19-18-41-12-8-9-13-47(41)36-48/h5-38H,1H2,2-4H3. The minimum Gasteiger partial charge on any atom is -0.423 e. The number of hydrogen-bond acceptors (Lipinski definition) is 3. The lowest BCUT2D eigenvalue weighted by Crippen LogP contribution is -2.16. The number of carbonyl (C=O) groups is 1. The van der Waals surface area contributed by atoms with Crippen LogP contribution in [0.5, 0.6) is 5.75 Å². The third-order valence-electron chi connectivity index (χ3n) is 12.3. The van der Waals surface area contributed by atoms with Gasteiger partial charge in [0.1, 0.15) is 5.75 Å². The van der Waals surface area contributed by atoms with Crippen molar-refractivity contribution in [1.29, 1.82) is 0 Å². The van der Waals surface area contributed by atoms with E-state index in [-0.39, 0.29) is 5.41 Å². The maximum Gasteiger partial charge on any atom is 0.338 e. The molecule has 298 valence electrons. The van der Waals surface area contributed by atoms with Gasteiger partial charge < -0.3 is 9.64 Å². The third-order valence-corrected chi connectivity index (χ3v) is 12.3. The Bertz CT molecular complexity index is 3130. The van der Waals surface area contributed by atoms with E-state index in [9.17, 15) is 4.79 Å². The van der Waals surface area contributed by atoms with E-state index < -0.39 is 5.97 Å². The SMILES string of the molecule is C=C(C)C(=O)Oc1ccc(-c2ccc(-c3ccc(N(c4ccc(-c5ccccc5)cc4)c4ccc5c(c4)C(C)(C)c4cc(-c6ccc7ccccc7c6)ccc4-5)cc3)cc2)cc1. The van der Waals surface area contributed by atoms with Gasteiger partial charge in [-0.05, 0) is 145 Å². The summed E-state index contributed by atoms with van der Waals surface area (Å²) in [5.74, 6) is 0.0751. The fourth-order valence-corrected chi connectivity index (χ4v) is 8.86. The number of esters is 1. The first kappa shape index (κ1) is 38.5. The molecule has 1 aliphatic rings. The predicted molar refractivity (Wildman–Crippen MR) is 258 cm³/mol.